The van der Waals surface area contributed by atoms with Crippen molar-refractivity contribution in [1.29, 1.82) is 0 Å². The lowest BCUT2D eigenvalue weighted by Gasteiger charge is -2.10. The molecular formula is C10H11ClFN. The molecular weight excluding hydrogens is 189 g/mol. The van der Waals surface area contributed by atoms with E-state index in [1.54, 1.807) is 12.1 Å². The van der Waals surface area contributed by atoms with Crippen LogP contribution in [-0.4, -0.2) is 0 Å². The summed E-state index contributed by atoms with van der Waals surface area (Å²) in [5.74, 6) is 0.190. The standard InChI is InChI=1S/C10H11ClFN/c11-8-5-7(3-4-9(8)12)10(13)6-1-2-6/h3-6,10H,1-2,13H2/t10-/m1/s1. The van der Waals surface area contributed by atoms with Gasteiger partial charge in [-0.25, -0.2) is 4.39 Å². The molecule has 0 bridgehead atoms. The van der Waals surface area contributed by atoms with Crippen LogP contribution < -0.4 is 5.73 Å². The summed E-state index contributed by atoms with van der Waals surface area (Å²) in [6.45, 7) is 0. The Morgan fingerprint density at radius 1 is 1.46 bits per heavy atom. The van der Waals surface area contributed by atoms with Crippen molar-refractivity contribution < 1.29 is 4.39 Å². The molecule has 1 aromatic carbocycles. The third kappa shape index (κ3) is 1.84. The van der Waals surface area contributed by atoms with E-state index in [-0.39, 0.29) is 16.9 Å². The van der Waals surface area contributed by atoms with E-state index in [9.17, 15) is 4.39 Å². The van der Waals surface area contributed by atoms with Crippen LogP contribution in [0.4, 0.5) is 4.39 Å². The topological polar surface area (TPSA) is 26.0 Å². The van der Waals surface area contributed by atoms with Gasteiger partial charge >= 0.3 is 0 Å². The van der Waals surface area contributed by atoms with Crippen molar-refractivity contribution >= 4 is 11.6 Å². The highest BCUT2D eigenvalue weighted by Crippen LogP contribution is 2.39. The van der Waals surface area contributed by atoms with Crippen LogP contribution in [0.2, 0.25) is 5.02 Å². The van der Waals surface area contributed by atoms with Gasteiger partial charge in [0.25, 0.3) is 0 Å². The van der Waals surface area contributed by atoms with E-state index in [2.05, 4.69) is 0 Å². The molecule has 1 aliphatic carbocycles. The van der Waals surface area contributed by atoms with Crippen LogP contribution in [0.5, 0.6) is 0 Å². The highest BCUT2D eigenvalue weighted by Gasteiger charge is 2.29. The van der Waals surface area contributed by atoms with Gasteiger partial charge in [-0.05, 0) is 36.5 Å². The van der Waals surface area contributed by atoms with Crippen LogP contribution in [0.3, 0.4) is 0 Å². The molecule has 1 nitrogen and oxygen atoms in total. The van der Waals surface area contributed by atoms with Crippen molar-refractivity contribution in [2.24, 2.45) is 11.7 Å². The molecule has 0 saturated heterocycles. The fourth-order valence-corrected chi connectivity index (χ4v) is 1.64. The molecule has 0 spiro atoms. The molecule has 0 unspecified atom stereocenters. The molecule has 1 aliphatic rings. The van der Waals surface area contributed by atoms with Crippen LogP contribution >= 0.6 is 11.6 Å². The van der Waals surface area contributed by atoms with Gasteiger partial charge in [-0.15, -0.1) is 0 Å². The molecule has 3 heteroatoms. The third-order valence-electron chi connectivity index (χ3n) is 2.46. The molecule has 1 saturated carbocycles. The van der Waals surface area contributed by atoms with Gasteiger partial charge in [-0.2, -0.15) is 0 Å². The molecule has 0 heterocycles. The first-order valence-electron chi connectivity index (χ1n) is 4.39. The van der Waals surface area contributed by atoms with Gasteiger partial charge in [0, 0.05) is 6.04 Å². The Hall–Kier alpha value is -0.600. The number of benzene rings is 1. The largest absolute Gasteiger partial charge is 0.324 e. The van der Waals surface area contributed by atoms with Crippen LogP contribution in [0, 0.1) is 11.7 Å². The number of rotatable bonds is 2. The Balaban J connectivity index is 2.24. The quantitative estimate of drug-likeness (QED) is 0.779. The maximum absolute atomic E-state index is 12.8. The fourth-order valence-electron chi connectivity index (χ4n) is 1.45. The zero-order chi connectivity index (χ0) is 9.42. The highest BCUT2D eigenvalue weighted by molar-refractivity contribution is 6.30. The Morgan fingerprint density at radius 3 is 2.69 bits per heavy atom. The predicted molar refractivity (Wildman–Crippen MR) is 51.1 cm³/mol. The lowest BCUT2D eigenvalue weighted by Crippen LogP contribution is -2.12. The van der Waals surface area contributed by atoms with E-state index < -0.39 is 0 Å². The maximum Gasteiger partial charge on any atom is 0.141 e. The molecule has 0 amide bonds. The monoisotopic (exact) mass is 199 g/mol. The van der Waals surface area contributed by atoms with Crippen molar-refractivity contribution in [2.45, 2.75) is 18.9 Å². The SMILES string of the molecule is N[C@@H](c1ccc(F)c(Cl)c1)C1CC1. The predicted octanol–water partition coefficient (Wildman–Crippen LogP) is 2.89. The van der Waals surface area contributed by atoms with Crippen LogP contribution in [0.15, 0.2) is 18.2 Å². The average Bonchev–Trinajstić information content (AvgIpc) is 2.91. The Labute approximate surface area is 81.7 Å². The van der Waals surface area contributed by atoms with Gasteiger partial charge < -0.3 is 5.73 Å². The lowest BCUT2D eigenvalue weighted by atomic mass is 10.0. The van der Waals surface area contributed by atoms with Gasteiger partial charge in [0.15, 0.2) is 0 Å². The zero-order valence-electron chi connectivity index (χ0n) is 7.13. The molecule has 0 aromatic heterocycles. The molecule has 2 rings (SSSR count). The first kappa shape index (κ1) is 8.97. The van der Waals surface area contributed by atoms with E-state index >= 15 is 0 Å². The minimum atomic E-state index is -0.381. The Kier molecular flexibility index (Phi) is 2.26. The first-order chi connectivity index (χ1) is 6.18. The normalized spacial score (nSPS) is 18.7. The van der Waals surface area contributed by atoms with Gasteiger partial charge in [0.2, 0.25) is 0 Å². The van der Waals surface area contributed by atoms with Gasteiger partial charge in [0.05, 0.1) is 5.02 Å². The second-order valence-corrected chi connectivity index (χ2v) is 3.94. The minimum absolute atomic E-state index is 0.0260. The van der Waals surface area contributed by atoms with Crippen LogP contribution in [0.1, 0.15) is 24.4 Å². The number of hydrogen-bond donors (Lipinski definition) is 1. The molecule has 0 radical (unpaired) electrons. The Morgan fingerprint density at radius 2 is 2.15 bits per heavy atom. The number of nitrogens with two attached hydrogens (primary N) is 1. The van der Waals surface area contributed by atoms with E-state index in [4.69, 9.17) is 17.3 Å². The van der Waals surface area contributed by atoms with E-state index in [0.717, 1.165) is 5.56 Å². The molecule has 1 aromatic rings. The molecule has 1 fully saturated rings. The summed E-state index contributed by atoms with van der Waals surface area (Å²) in [5.41, 5.74) is 6.88. The maximum atomic E-state index is 12.8. The Bertz CT molecular complexity index is 323. The summed E-state index contributed by atoms with van der Waals surface area (Å²) in [7, 11) is 0. The summed E-state index contributed by atoms with van der Waals surface area (Å²) in [4.78, 5) is 0. The second kappa shape index (κ2) is 3.28. The molecule has 13 heavy (non-hydrogen) atoms. The number of hydrogen-bond acceptors (Lipinski definition) is 1. The van der Waals surface area contributed by atoms with Gasteiger partial charge in [0.1, 0.15) is 5.82 Å². The summed E-state index contributed by atoms with van der Waals surface area (Å²) < 4.78 is 12.8. The van der Waals surface area contributed by atoms with Gasteiger partial charge in [-0.1, -0.05) is 17.7 Å². The van der Waals surface area contributed by atoms with Gasteiger partial charge in [-0.3, -0.25) is 0 Å². The van der Waals surface area contributed by atoms with Crippen molar-refractivity contribution in [1.82, 2.24) is 0 Å². The average molecular weight is 200 g/mol. The van der Waals surface area contributed by atoms with E-state index in [0.29, 0.717) is 5.92 Å². The van der Waals surface area contributed by atoms with Crippen molar-refractivity contribution in [3.63, 3.8) is 0 Å². The lowest BCUT2D eigenvalue weighted by molar-refractivity contribution is 0.613. The zero-order valence-corrected chi connectivity index (χ0v) is 7.89. The summed E-state index contributed by atoms with van der Waals surface area (Å²) in [5, 5.41) is 0.161. The summed E-state index contributed by atoms with van der Waals surface area (Å²) in [6, 6.07) is 4.74. The third-order valence-corrected chi connectivity index (χ3v) is 2.75. The van der Waals surface area contributed by atoms with Crippen LogP contribution in [-0.2, 0) is 0 Å². The van der Waals surface area contributed by atoms with E-state index in [1.807, 2.05) is 0 Å². The fraction of sp³-hybridized carbons (Fsp3) is 0.400. The van der Waals surface area contributed by atoms with Crippen molar-refractivity contribution in [2.75, 3.05) is 0 Å². The molecule has 1 atom stereocenters. The smallest absolute Gasteiger partial charge is 0.141 e. The first-order valence-corrected chi connectivity index (χ1v) is 4.77. The molecule has 0 aliphatic heterocycles. The second-order valence-electron chi connectivity index (χ2n) is 3.54. The highest BCUT2D eigenvalue weighted by atomic mass is 35.5. The number of halogens is 2. The minimum Gasteiger partial charge on any atom is -0.324 e. The summed E-state index contributed by atoms with van der Waals surface area (Å²) >= 11 is 5.65. The van der Waals surface area contributed by atoms with Crippen molar-refractivity contribution in [3.8, 4) is 0 Å². The molecule has 70 valence electrons. The summed E-state index contributed by atoms with van der Waals surface area (Å²) in [6.07, 6.45) is 2.35. The molecule has 2 N–H and O–H groups in total. The van der Waals surface area contributed by atoms with Crippen molar-refractivity contribution in [3.05, 3.63) is 34.6 Å². The van der Waals surface area contributed by atoms with Crippen LogP contribution in [0.25, 0.3) is 0 Å². The van der Waals surface area contributed by atoms with E-state index in [1.165, 1.54) is 18.9 Å².